The van der Waals surface area contributed by atoms with Crippen LogP contribution in [0.4, 0.5) is 0 Å². The highest BCUT2D eigenvalue weighted by molar-refractivity contribution is 6.30. The maximum absolute atomic E-state index is 14.2. The molecule has 4 aromatic carbocycles. The zero-order valence-corrected chi connectivity index (χ0v) is 25.1. The summed E-state index contributed by atoms with van der Waals surface area (Å²) in [6.07, 6.45) is 4.87. The molecule has 0 radical (unpaired) electrons. The molecule has 0 saturated heterocycles. The maximum Gasteiger partial charge on any atom is 0.266 e. The minimum absolute atomic E-state index is 0.0719. The topological polar surface area (TPSA) is 92.2 Å². The molecule has 1 aliphatic heterocycles. The minimum atomic E-state index is -1.29. The van der Waals surface area contributed by atoms with Gasteiger partial charge in [0.1, 0.15) is 5.75 Å². The SMILES string of the molecule is O=C(NNCCc1ccc(Cl)cc1)[C@@]1(C/C=C/c2ccccc2)N=C(c2ccc(OCCCO)cc2)O[C@H]1c1ccccc1. The average Bonchev–Trinajstić information content (AvgIpc) is 3.46. The van der Waals surface area contributed by atoms with E-state index >= 15 is 0 Å². The number of aliphatic hydroxyl groups excluding tert-OH is 1. The number of halogens is 1. The number of hydrogen-bond acceptors (Lipinski definition) is 6. The molecule has 0 saturated carbocycles. The Labute approximate surface area is 263 Å². The molecule has 0 unspecified atom stereocenters. The zero-order valence-electron chi connectivity index (χ0n) is 24.4. The van der Waals surface area contributed by atoms with Gasteiger partial charge in [0.15, 0.2) is 11.6 Å². The second-order valence-corrected chi connectivity index (χ2v) is 10.9. The highest BCUT2D eigenvalue weighted by Crippen LogP contribution is 2.42. The van der Waals surface area contributed by atoms with Crippen molar-refractivity contribution in [1.82, 2.24) is 10.9 Å². The van der Waals surface area contributed by atoms with Crippen LogP contribution in [0.2, 0.25) is 5.02 Å². The van der Waals surface area contributed by atoms with E-state index < -0.39 is 11.6 Å². The Morgan fingerprint density at radius 1 is 0.955 bits per heavy atom. The third-order valence-corrected chi connectivity index (χ3v) is 7.58. The first kappa shape index (κ1) is 31.0. The molecule has 0 bridgehead atoms. The van der Waals surface area contributed by atoms with Crippen molar-refractivity contribution >= 4 is 29.5 Å². The second kappa shape index (κ2) is 15.3. The van der Waals surface area contributed by atoms with Gasteiger partial charge in [-0.3, -0.25) is 10.2 Å². The molecule has 44 heavy (non-hydrogen) atoms. The van der Waals surface area contributed by atoms with E-state index in [0.29, 0.717) is 49.1 Å². The number of ether oxygens (including phenoxy) is 2. The Kier molecular flexibility index (Phi) is 10.8. The van der Waals surface area contributed by atoms with Gasteiger partial charge in [0.25, 0.3) is 5.91 Å². The molecule has 7 nitrogen and oxygen atoms in total. The predicted molar refractivity (Wildman–Crippen MR) is 175 cm³/mol. The van der Waals surface area contributed by atoms with E-state index in [1.54, 1.807) is 0 Å². The molecule has 0 fully saturated rings. The number of nitrogens with one attached hydrogen (secondary N) is 2. The van der Waals surface area contributed by atoms with Crippen molar-refractivity contribution < 1.29 is 19.4 Å². The summed E-state index contributed by atoms with van der Waals surface area (Å²) in [7, 11) is 0. The molecule has 1 heterocycles. The van der Waals surface area contributed by atoms with E-state index in [1.165, 1.54) is 0 Å². The van der Waals surface area contributed by atoms with Gasteiger partial charge in [-0.1, -0.05) is 96.5 Å². The fourth-order valence-electron chi connectivity index (χ4n) is 4.99. The van der Waals surface area contributed by atoms with Gasteiger partial charge in [0.05, 0.1) is 6.61 Å². The Hall–Kier alpha value is -4.43. The number of hydrazine groups is 1. The number of carbonyl (C=O) groups excluding carboxylic acids is 1. The summed E-state index contributed by atoms with van der Waals surface area (Å²) >= 11 is 6.02. The van der Waals surface area contributed by atoms with E-state index in [1.807, 2.05) is 121 Å². The molecule has 226 valence electrons. The van der Waals surface area contributed by atoms with Gasteiger partial charge in [-0.25, -0.2) is 10.4 Å². The van der Waals surface area contributed by atoms with Gasteiger partial charge in [0, 0.05) is 36.6 Å². The number of rotatable bonds is 14. The molecule has 0 aliphatic carbocycles. The van der Waals surface area contributed by atoms with Crippen molar-refractivity contribution in [2.45, 2.75) is 30.9 Å². The fourth-order valence-corrected chi connectivity index (χ4v) is 5.12. The molecule has 3 N–H and O–H groups in total. The van der Waals surface area contributed by atoms with Crippen molar-refractivity contribution in [2.75, 3.05) is 19.8 Å². The maximum atomic E-state index is 14.2. The van der Waals surface area contributed by atoms with Crippen LogP contribution in [0.25, 0.3) is 6.08 Å². The Morgan fingerprint density at radius 2 is 1.66 bits per heavy atom. The van der Waals surface area contributed by atoms with E-state index in [4.69, 9.17) is 31.2 Å². The monoisotopic (exact) mass is 609 g/mol. The molecule has 0 spiro atoms. The average molecular weight is 610 g/mol. The third-order valence-electron chi connectivity index (χ3n) is 7.33. The quantitative estimate of drug-likeness (QED) is 0.115. The van der Waals surface area contributed by atoms with Gasteiger partial charge in [0.2, 0.25) is 5.90 Å². The molecular weight excluding hydrogens is 574 g/mol. The van der Waals surface area contributed by atoms with Crippen molar-refractivity contribution in [3.05, 3.63) is 143 Å². The second-order valence-electron chi connectivity index (χ2n) is 10.5. The van der Waals surface area contributed by atoms with Crippen LogP contribution in [0.3, 0.4) is 0 Å². The van der Waals surface area contributed by atoms with Crippen LogP contribution in [-0.4, -0.2) is 42.2 Å². The lowest BCUT2D eigenvalue weighted by molar-refractivity contribution is -0.129. The standard InChI is InChI=1S/C36H36ClN3O4/c37-31-18-14-28(15-19-31)22-24-38-40-35(42)36(23-7-11-27-9-3-1-4-10-27)33(29-12-5-2-6-13-29)44-34(39-36)30-16-20-32(21-17-30)43-26-8-25-41/h1-7,9-21,33,38,41H,8,22-26H2,(H,40,42)/b11-7+/t33-,36-/m0/s1. The van der Waals surface area contributed by atoms with Crippen molar-refractivity contribution in [3.8, 4) is 5.75 Å². The van der Waals surface area contributed by atoms with Crippen LogP contribution < -0.4 is 15.6 Å². The lowest BCUT2D eigenvalue weighted by atomic mass is 9.84. The zero-order chi connectivity index (χ0) is 30.6. The van der Waals surface area contributed by atoms with Crippen LogP contribution in [0.5, 0.6) is 5.75 Å². The Balaban J connectivity index is 1.43. The molecule has 0 aromatic heterocycles. The van der Waals surface area contributed by atoms with Gasteiger partial charge in [-0.2, -0.15) is 0 Å². The van der Waals surface area contributed by atoms with E-state index in [0.717, 1.165) is 22.3 Å². The number of hydrogen-bond donors (Lipinski definition) is 3. The van der Waals surface area contributed by atoms with Crippen LogP contribution in [0, 0.1) is 0 Å². The fraction of sp³-hybridized carbons (Fsp3) is 0.222. The van der Waals surface area contributed by atoms with Crippen molar-refractivity contribution in [1.29, 1.82) is 0 Å². The summed E-state index contributed by atoms with van der Waals surface area (Å²) in [4.78, 5) is 19.2. The first-order valence-electron chi connectivity index (χ1n) is 14.7. The first-order chi connectivity index (χ1) is 21.6. The van der Waals surface area contributed by atoms with Gasteiger partial charge >= 0.3 is 0 Å². The molecule has 1 amide bonds. The normalized spacial score (nSPS) is 17.7. The number of aliphatic hydroxyl groups is 1. The molecule has 4 aromatic rings. The van der Waals surface area contributed by atoms with Crippen LogP contribution in [0.1, 0.15) is 41.2 Å². The number of benzene rings is 4. The third kappa shape index (κ3) is 7.94. The summed E-state index contributed by atoms with van der Waals surface area (Å²) in [6, 6.07) is 34.7. The minimum Gasteiger partial charge on any atom is -0.494 e. The number of nitrogens with zero attached hydrogens (tertiary/aromatic N) is 1. The number of carbonyl (C=O) groups is 1. The molecule has 1 aliphatic rings. The van der Waals surface area contributed by atoms with E-state index in [-0.39, 0.29) is 12.5 Å². The largest absolute Gasteiger partial charge is 0.494 e. The van der Waals surface area contributed by atoms with Gasteiger partial charge < -0.3 is 14.6 Å². The van der Waals surface area contributed by atoms with E-state index in [2.05, 4.69) is 10.9 Å². The van der Waals surface area contributed by atoms with Gasteiger partial charge in [-0.15, -0.1) is 0 Å². The Bertz CT molecular complexity index is 1540. The highest BCUT2D eigenvalue weighted by atomic mass is 35.5. The van der Waals surface area contributed by atoms with Gasteiger partial charge in [-0.05, 0) is 59.5 Å². The lowest BCUT2D eigenvalue weighted by Gasteiger charge is -2.29. The predicted octanol–water partition coefficient (Wildman–Crippen LogP) is 6.33. The van der Waals surface area contributed by atoms with Crippen LogP contribution in [-0.2, 0) is 16.0 Å². The molecule has 8 heteroatoms. The summed E-state index contributed by atoms with van der Waals surface area (Å²) in [6.45, 7) is 1.02. The van der Waals surface area contributed by atoms with Crippen molar-refractivity contribution in [2.24, 2.45) is 4.99 Å². The molecule has 2 atom stereocenters. The number of amides is 1. The number of aliphatic imine (C=N–C) groups is 1. The van der Waals surface area contributed by atoms with Crippen molar-refractivity contribution in [3.63, 3.8) is 0 Å². The summed E-state index contributed by atoms with van der Waals surface area (Å²) in [5.41, 5.74) is 8.46. The molecule has 5 rings (SSSR count). The summed E-state index contributed by atoms with van der Waals surface area (Å²) < 4.78 is 12.2. The smallest absolute Gasteiger partial charge is 0.266 e. The first-order valence-corrected chi connectivity index (χ1v) is 15.1. The van der Waals surface area contributed by atoms with Crippen LogP contribution in [0.15, 0.2) is 120 Å². The lowest BCUT2D eigenvalue weighted by Crippen LogP contribution is -2.52. The van der Waals surface area contributed by atoms with Crippen LogP contribution >= 0.6 is 11.6 Å². The summed E-state index contributed by atoms with van der Waals surface area (Å²) in [5, 5.41) is 9.73. The van der Waals surface area contributed by atoms with E-state index in [9.17, 15) is 4.79 Å². The highest BCUT2D eigenvalue weighted by Gasteiger charge is 2.52. The summed E-state index contributed by atoms with van der Waals surface area (Å²) in [5.74, 6) is 0.768. The molecular formula is C36H36ClN3O4. The Morgan fingerprint density at radius 3 is 2.36 bits per heavy atom.